The third-order valence-corrected chi connectivity index (χ3v) is 18.4. The Morgan fingerprint density at radius 2 is 1.31 bits per heavy atom. The molecule has 5 aromatic carbocycles. The molecule has 12 rings (SSSR count). The minimum Gasteiger partial charge on any atom is -0.508 e. The zero-order valence-corrected chi connectivity index (χ0v) is 58.4. The fourth-order valence-corrected chi connectivity index (χ4v) is 12.9. The molecule has 7 aliphatic heterocycles. The molecule has 104 heavy (non-hydrogen) atoms. The van der Waals surface area contributed by atoms with Crippen molar-refractivity contribution in [2.24, 2.45) is 17.4 Å². The number of likely N-dealkylation sites (N-methyl/N-ethyl adjacent to an activating group) is 1. The minimum atomic E-state index is -2.35. The Morgan fingerprint density at radius 3 is 1.88 bits per heavy atom. The van der Waals surface area contributed by atoms with Crippen LogP contribution < -0.4 is 69.0 Å². The molecular formula is C67H82Cl2N10O24V. The van der Waals surface area contributed by atoms with Crippen LogP contribution in [0.1, 0.15) is 113 Å². The Hall–Kier alpha value is -8.66. The third kappa shape index (κ3) is 17.5. The van der Waals surface area contributed by atoms with Gasteiger partial charge in [0.25, 0.3) is 0 Å². The van der Waals surface area contributed by atoms with Crippen molar-refractivity contribution in [3.8, 4) is 57.1 Å². The van der Waals surface area contributed by atoms with E-state index in [1.807, 2.05) is 13.8 Å². The van der Waals surface area contributed by atoms with Crippen molar-refractivity contribution in [1.82, 2.24) is 43.4 Å². The summed E-state index contributed by atoms with van der Waals surface area (Å²) in [5.41, 5.74) is 8.00. The predicted molar refractivity (Wildman–Crippen MR) is 361 cm³/mol. The maximum Gasteiger partial charge on any atom is 0.330 e. The summed E-state index contributed by atoms with van der Waals surface area (Å²) in [6, 6.07) is -0.679. The molecule has 0 saturated carbocycles. The number of aliphatic hydroxyl groups excluding tert-OH is 6. The zero-order valence-electron chi connectivity index (χ0n) is 55.5. The van der Waals surface area contributed by atoms with Gasteiger partial charge in [0, 0.05) is 53.3 Å². The number of phenols is 3. The Kier molecular flexibility index (Phi) is 26.7. The van der Waals surface area contributed by atoms with E-state index in [1.165, 1.54) is 33.0 Å². The maximum absolute atomic E-state index is 16.0. The van der Waals surface area contributed by atoms with E-state index in [1.54, 1.807) is 0 Å². The van der Waals surface area contributed by atoms with Gasteiger partial charge in [-0.3, -0.25) is 33.6 Å². The molecule has 0 aromatic heterocycles. The van der Waals surface area contributed by atoms with E-state index in [4.69, 9.17) is 63.1 Å². The molecular weight excluding hydrogens is 1450 g/mol. The molecule has 18 atom stereocenters. The second kappa shape index (κ2) is 33.6. The first-order valence-corrected chi connectivity index (χ1v) is 32.4. The van der Waals surface area contributed by atoms with Gasteiger partial charge in [-0.1, -0.05) is 62.7 Å². The van der Waals surface area contributed by atoms with Crippen molar-refractivity contribution in [3.05, 3.63) is 117 Å². The van der Waals surface area contributed by atoms with Gasteiger partial charge in [-0.2, -0.15) is 0 Å². The van der Waals surface area contributed by atoms with E-state index in [0.717, 1.165) is 66.7 Å². The van der Waals surface area contributed by atoms with Gasteiger partial charge in [-0.15, -0.1) is 0 Å². The number of carboxylic acid groups (broad SMARTS) is 1. The van der Waals surface area contributed by atoms with Crippen LogP contribution in [0.3, 0.4) is 0 Å². The topological polar surface area (TPSA) is 565 Å². The van der Waals surface area contributed by atoms with Crippen LogP contribution in [0.15, 0.2) is 78.9 Å². The Morgan fingerprint density at radius 1 is 0.721 bits per heavy atom. The number of ether oxygens (including phenoxy) is 6. The number of phenolic OH excluding ortho intramolecular Hbond substituents is 3. The van der Waals surface area contributed by atoms with Crippen LogP contribution in [0.25, 0.3) is 11.1 Å². The average Bonchev–Trinajstić information content (AvgIpc) is 0.770. The first-order valence-electron chi connectivity index (χ1n) is 31.6. The summed E-state index contributed by atoms with van der Waals surface area (Å²) in [6.45, 7) is 5.66. The number of rotatable bonds is 13. The molecule has 7 unspecified atom stereocenters. The normalized spacial score (nSPS) is 28.6. The second-order valence-corrected chi connectivity index (χ2v) is 26.5. The molecule has 0 spiro atoms. The average molecular weight is 1530 g/mol. The van der Waals surface area contributed by atoms with E-state index in [0.29, 0.717) is 0 Å². The van der Waals surface area contributed by atoms with Crippen LogP contribution in [-0.4, -0.2) is 191 Å². The Bertz CT molecular complexity index is 4090. The number of aliphatic carboxylic acids is 1. The number of hydrogen-bond acceptors (Lipinski definition) is 26. The largest absolute Gasteiger partial charge is 0.508 e. The van der Waals surface area contributed by atoms with Crippen molar-refractivity contribution < 1.29 is 136 Å². The monoisotopic (exact) mass is 1530 g/mol. The van der Waals surface area contributed by atoms with E-state index in [2.05, 4.69) is 37.2 Å². The van der Waals surface area contributed by atoms with Crippen LogP contribution in [0.4, 0.5) is 0 Å². The van der Waals surface area contributed by atoms with Crippen LogP contribution in [0, 0.1) is 5.92 Å². The summed E-state index contributed by atoms with van der Waals surface area (Å²) >= 11 is 14.1. The number of hydrogen-bond donors (Lipinski definition) is 20. The number of nitrogens with two attached hydrogens (primary N) is 2. The number of aromatic hydroxyl groups is 3. The van der Waals surface area contributed by atoms with Crippen LogP contribution in [0.5, 0.6) is 46.0 Å². The van der Waals surface area contributed by atoms with Crippen molar-refractivity contribution in [2.45, 2.75) is 164 Å². The van der Waals surface area contributed by atoms with E-state index >= 15 is 14.4 Å². The predicted octanol–water partition coefficient (Wildman–Crippen LogP) is 0.902. The summed E-state index contributed by atoms with van der Waals surface area (Å²) in [5, 5.41) is 131. The minimum absolute atomic E-state index is 0. The summed E-state index contributed by atoms with van der Waals surface area (Å²) in [5.74, 6) is -16.0. The van der Waals surface area contributed by atoms with Gasteiger partial charge in [-0.25, -0.2) is 4.79 Å². The van der Waals surface area contributed by atoms with Gasteiger partial charge < -0.3 is 134 Å². The molecule has 7 amide bonds. The number of carboxylic acids is 1. The molecule has 5 aromatic rings. The van der Waals surface area contributed by atoms with Gasteiger partial charge in [0.1, 0.15) is 89.5 Å². The molecule has 24 N–H and O–H groups in total. The van der Waals surface area contributed by atoms with Crippen LogP contribution >= 0.6 is 23.2 Å². The van der Waals surface area contributed by atoms with Gasteiger partial charge in [0.05, 0.1) is 41.3 Å². The van der Waals surface area contributed by atoms with Gasteiger partial charge in [0.2, 0.25) is 53.4 Å². The van der Waals surface area contributed by atoms with E-state index in [9.17, 15) is 75.0 Å². The van der Waals surface area contributed by atoms with Crippen molar-refractivity contribution >= 4 is 70.5 Å². The molecule has 37 heteroatoms. The first kappa shape index (κ1) is 82.6. The second-order valence-electron chi connectivity index (χ2n) is 25.7. The summed E-state index contributed by atoms with van der Waals surface area (Å²) in [6.07, 6.45) is -18.6. The van der Waals surface area contributed by atoms with E-state index < -0.39 is 237 Å². The summed E-state index contributed by atoms with van der Waals surface area (Å²) in [4.78, 5) is 117. The zero-order chi connectivity index (χ0) is 73.5. The fraction of sp³-hybridized carbons (Fsp3) is 0.433. The van der Waals surface area contributed by atoms with E-state index in [-0.39, 0.29) is 78.4 Å². The molecule has 7 aliphatic rings. The summed E-state index contributed by atoms with van der Waals surface area (Å²) in [7, 11) is 1.47. The first-order chi connectivity index (χ1) is 47.7. The number of primary amides is 1. The van der Waals surface area contributed by atoms with Crippen molar-refractivity contribution in [2.75, 3.05) is 13.7 Å². The number of carbonyl (C=O) groups is 8. The van der Waals surface area contributed by atoms with Gasteiger partial charge in [-0.05, 0) is 110 Å². The molecule has 34 nitrogen and oxygen atoms in total. The van der Waals surface area contributed by atoms with Crippen LogP contribution in [-0.2, 0) is 71.1 Å². The van der Waals surface area contributed by atoms with Crippen molar-refractivity contribution in [1.29, 1.82) is 0 Å². The van der Waals surface area contributed by atoms with Crippen LogP contribution in [0.2, 0.25) is 10.0 Å². The smallest absolute Gasteiger partial charge is 0.330 e. The molecule has 2 saturated heterocycles. The number of carbonyl (C=O) groups excluding carboxylic acids is 7. The number of fused-ring (bicyclic) bond motifs is 15. The number of aliphatic hydroxyl groups is 6. The number of amides is 7. The Balaban J connectivity index is 0.00000504. The Labute approximate surface area is 615 Å². The van der Waals surface area contributed by atoms with Gasteiger partial charge >= 0.3 is 5.97 Å². The molecule has 2 fully saturated rings. The molecule has 11 bridgehead atoms. The number of benzene rings is 5. The third-order valence-electron chi connectivity index (χ3n) is 17.8. The quantitative estimate of drug-likeness (QED) is 0.0778. The number of nitrogens with one attached hydrogen (secondary N) is 7. The molecule has 0 aliphatic carbocycles. The standard InChI is InChI=1S/C66H75Cl2N9O24.CH4.H3N.V/c1-23(2)12-34(71-5)58(88)76-49-51(83)26-7-10-38(32(67)14-26)97-40-16-28-17-41(55(40)101-65-56(54(86)53(85)42(22-78)99-65)100-44-21-66(4,70)57(87)24(3)96-44)98-39-11-8-27(15-33(39)68)52(84)50-63(93)75-48(64(94)95)31-18-29(79)19-37(81)45(31)30-13-25(6-9-36(30)80)46(60(90)77-50)74-61(91)47(28)73-59(89)35(20-43(69)82)72-62(49)92;;;/h6-11,13-19,23-24,34-35,42,44,46-54,56-57,65,71,78-81,83-87H,12,20-22,70H2,1-5H3,(H2,69,82)(H,72,92)(H,73,89)(H,74,91)(H,75,93)(H,76,88)(H,77,90)(H,94,95);1H4;1H3;/t24?,34-,35+,42?,44?,46-,47-,48+,49?,50+,51-,52-,53-,54+,56?,57?,65-,66?;;;/m1.../s1. The molecule has 1 radical (unpaired) electrons. The SMILES string of the molecule is C.CN[C@H](CC(C)C)C(=O)NC1C(=O)N[C@@H](CC(N)=O)C(=O)N[C@H]2C(=O)N[C@H]3C(=O)N[C@H](C(=O)N[C@H](C(=O)O)c4cc(O)cc(O)c4-c4cc3ccc4O)[C@H](O)c3ccc(c(Cl)c3)Oc3cc2cc(c3O[C@H]2OC(CO)[C@@H](O)[C@H](O)C2OC2CC(C)(N)C(O)C(C)O2)Oc2ccc(cc2Cl)[C@H]1O.N.[V]. The fourth-order valence-electron chi connectivity index (χ4n) is 12.5. The maximum atomic E-state index is 16.0. The molecule has 7 heterocycles. The van der Waals surface area contributed by atoms with Crippen molar-refractivity contribution in [3.63, 3.8) is 0 Å². The summed E-state index contributed by atoms with van der Waals surface area (Å²) < 4.78 is 38.3. The number of halogens is 2. The molecule has 563 valence electrons. The van der Waals surface area contributed by atoms with Gasteiger partial charge in [0.15, 0.2) is 29.9 Å².